The maximum Gasteiger partial charge on any atom is 0.243 e. The van der Waals surface area contributed by atoms with Crippen molar-refractivity contribution in [2.24, 2.45) is 0 Å². The maximum absolute atomic E-state index is 12.7. The first-order valence-electron chi connectivity index (χ1n) is 6.89. The summed E-state index contributed by atoms with van der Waals surface area (Å²) in [4.78, 5) is 4.41. The Hall–Kier alpha value is -1.76. The van der Waals surface area contributed by atoms with Gasteiger partial charge in [0.15, 0.2) is 0 Å². The Balaban J connectivity index is 1.97. The van der Waals surface area contributed by atoms with Gasteiger partial charge in [-0.05, 0) is 37.1 Å². The molecule has 1 aromatic heterocycles. The second-order valence-corrected chi connectivity index (χ2v) is 7.72. The van der Waals surface area contributed by atoms with Crippen LogP contribution in [0.1, 0.15) is 24.1 Å². The molecule has 3 rings (SSSR count). The lowest BCUT2D eigenvalue weighted by Gasteiger charge is -2.17. The van der Waals surface area contributed by atoms with Crippen molar-refractivity contribution in [1.82, 2.24) is 9.71 Å². The molecular formula is C16H16N2O2S2. The first kappa shape index (κ1) is 15.1. The van der Waals surface area contributed by atoms with E-state index in [-0.39, 0.29) is 10.9 Å². The third-order valence-corrected chi connectivity index (χ3v) is 5.97. The minimum atomic E-state index is -3.63. The Morgan fingerprint density at radius 2 is 1.91 bits per heavy atom. The summed E-state index contributed by atoms with van der Waals surface area (Å²) < 4.78 is 29.0. The van der Waals surface area contributed by atoms with Gasteiger partial charge in [-0.25, -0.2) is 18.1 Å². The summed E-state index contributed by atoms with van der Waals surface area (Å²) >= 11 is 1.43. The largest absolute Gasteiger partial charge is 0.243 e. The zero-order valence-electron chi connectivity index (χ0n) is 12.3. The molecule has 3 aromatic rings. The normalized spacial score (nSPS) is 13.4. The Bertz CT molecular complexity index is 917. The third-order valence-electron chi connectivity index (χ3n) is 3.60. The van der Waals surface area contributed by atoms with Crippen LogP contribution in [0.25, 0.3) is 10.2 Å². The molecule has 6 heteroatoms. The first-order valence-corrected chi connectivity index (χ1v) is 9.25. The SMILES string of the molecule is Cc1ccccc1[C@H](C)NS(=O)(=O)c1cccc2scnc12. The standard InChI is InChI=1S/C16H16N2O2S2/c1-11-6-3-4-7-13(11)12(2)18-22(19,20)15-9-5-8-14-16(15)17-10-21-14/h3-10,12,18H,1-2H3/t12-/m0/s1. The quantitative estimate of drug-likeness (QED) is 0.793. The van der Waals surface area contributed by atoms with Crippen LogP contribution < -0.4 is 4.72 Å². The van der Waals surface area contributed by atoms with Crippen molar-refractivity contribution < 1.29 is 8.42 Å². The second-order valence-electron chi connectivity index (χ2n) is 5.15. The highest BCUT2D eigenvalue weighted by molar-refractivity contribution is 7.89. The molecule has 0 saturated heterocycles. The number of nitrogens with one attached hydrogen (secondary N) is 1. The molecule has 114 valence electrons. The maximum atomic E-state index is 12.7. The molecule has 0 fully saturated rings. The number of aryl methyl sites for hydroxylation is 1. The highest BCUT2D eigenvalue weighted by Gasteiger charge is 2.22. The van der Waals surface area contributed by atoms with Gasteiger partial charge in [0.2, 0.25) is 10.0 Å². The molecule has 2 aromatic carbocycles. The lowest BCUT2D eigenvalue weighted by molar-refractivity contribution is 0.567. The van der Waals surface area contributed by atoms with Crippen molar-refractivity contribution in [3.05, 3.63) is 59.1 Å². The van der Waals surface area contributed by atoms with Gasteiger partial charge in [-0.2, -0.15) is 0 Å². The number of aromatic nitrogens is 1. The lowest BCUT2D eigenvalue weighted by Crippen LogP contribution is -2.27. The van der Waals surface area contributed by atoms with Crippen LogP contribution in [0.5, 0.6) is 0 Å². The summed E-state index contributed by atoms with van der Waals surface area (Å²) in [5, 5.41) is 0. The van der Waals surface area contributed by atoms with E-state index in [0.717, 1.165) is 15.8 Å². The van der Waals surface area contributed by atoms with Gasteiger partial charge in [0, 0.05) is 6.04 Å². The lowest BCUT2D eigenvalue weighted by atomic mass is 10.0. The van der Waals surface area contributed by atoms with E-state index in [0.29, 0.717) is 5.52 Å². The van der Waals surface area contributed by atoms with Crippen LogP contribution in [0.15, 0.2) is 52.9 Å². The third kappa shape index (κ3) is 2.77. The molecule has 1 heterocycles. The smallest absolute Gasteiger partial charge is 0.243 e. The van der Waals surface area contributed by atoms with E-state index in [4.69, 9.17) is 0 Å². The van der Waals surface area contributed by atoms with E-state index in [9.17, 15) is 8.42 Å². The van der Waals surface area contributed by atoms with Crippen molar-refractivity contribution in [3.8, 4) is 0 Å². The molecule has 4 nitrogen and oxygen atoms in total. The van der Waals surface area contributed by atoms with E-state index in [1.165, 1.54) is 11.3 Å². The summed E-state index contributed by atoms with van der Waals surface area (Å²) in [6.07, 6.45) is 0. The summed E-state index contributed by atoms with van der Waals surface area (Å²) in [6.45, 7) is 3.82. The molecular weight excluding hydrogens is 316 g/mol. The number of nitrogens with zero attached hydrogens (tertiary/aromatic N) is 1. The van der Waals surface area contributed by atoms with Crippen molar-refractivity contribution in [1.29, 1.82) is 0 Å². The molecule has 0 aliphatic heterocycles. The summed E-state index contributed by atoms with van der Waals surface area (Å²) in [7, 11) is -3.63. The highest BCUT2D eigenvalue weighted by Crippen LogP contribution is 2.26. The van der Waals surface area contributed by atoms with Gasteiger partial charge >= 0.3 is 0 Å². The number of hydrogen-bond donors (Lipinski definition) is 1. The molecule has 0 amide bonds. The molecule has 0 aliphatic rings. The zero-order chi connectivity index (χ0) is 15.7. The number of hydrogen-bond acceptors (Lipinski definition) is 4. The predicted octanol–water partition coefficient (Wildman–Crippen LogP) is 3.64. The van der Waals surface area contributed by atoms with Crippen molar-refractivity contribution in [2.45, 2.75) is 24.8 Å². The summed E-state index contributed by atoms with van der Waals surface area (Å²) in [5.74, 6) is 0. The van der Waals surface area contributed by atoms with Crippen LogP contribution >= 0.6 is 11.3 Å². The van der Waals surface area contributed by atoms with Crippen LogP contribution in [0, 0.1) is 6.92 Å². The van der Waals surface area contributed by atoms with Gasteiger partial charge in [-0.15, -0.1) is 11.3 Å². The van der Waals surface area contributed by atoms with Gasteiger partial charge < -0.3 is 0 Å². The molecule has 0 aliphatic carbocycles. The minimum Gasteiger partial charge on any atom is -0.243 e. The average Bonchev–Trinajstić information content (AvgIpc) is 2.95. The second kappa shape index (κ2) is 5.79. The van der Waals surface area contributed by atoms with Gasteiger partial charge in [-0.1, -0.05) is 30.3 Å². The average molecular weight is 332 g/mol. The Kier molecular flexibility index (Phi) is 3.99. The Labute approximate surface area is 133 Å². The van der Waals surface area contributed by atoms with Crippen LogP contribution in [-0.4, -0.2) is 13.4 Å². The van der Waals surface area contributed by atoms with Gasteiger partial charge in [-0.3, -0.25) is 0 Å². The van der Waals surface area contributed by atoms with Crippen LogP contribution in [0.4, 0.5) is 0 Å². The summed E-state index contributed by atoms with van der Waals surface area (Å²) in [5.41, 5.74) is 4.21. The molecule has 0 saturated carbocycles. The van der Waals surface area contributed by atoms with Crippen LogP contribution in [-0.2, 0) is 10.0 Å². The topological polar surface area (TPSA) is 59.1 Å². The van der Waals surface area contributed by atoms with Gasteiger partial charge in [0.05, 0.1) is 10.2 Å². The molecule has 1 atom stereocenters. The Morgan fingerprint density at radius 1 is 1.14 bits per heavy atom. The van der Waals surface area contributed by atoms with Gasteiger partial charge in [0.1, 0.15) is 10.4 Å². The molecule has 22 heavy (non-hydrogen) atoms. The first-order chi connectivity index (χ1) is 10.5. The molecule has 0 spiro atoms. The number of thiazole rings is 1. The molecule has 0 unspecified atom stereocenters. The minimum absolute atomic E-state index is 0.228. The fraction of sp³-hybridized carbons (Fsp3) is 0.188. The fourth-order valence-corrected chi connectivity index (χ4v) is 4.67. The monoisotopic (exact) mass is 332 g/mol. The number of sulfonamides is 1. The van der Waals surface area contributed by atoms with E-state index >= 15 is 0 Å². The van der Waals surface area contributed by atoms with E-state index in [1.54, 1.807) is 17.6 Å². The highest BCUT2D eigenvalue weighted by atomic mass is 32.2. The number of fused-ring (bicyclic) bond motifs is 1. The van der Waals surface area contributed by atoms with E-state index in [1.807, 2.05) is 44.2 Å². The van der Waals surface area contributed by atoms with E-state index in [2.05, 4.69) is 9.71 Å². The van der Waals surface area contributed by atoms with Crippen molar-refractivity contribution >= 4 is 31.6 Å². The van der Waals surface area contributed by atoms with Crippen LogP contribution in [0.3, 0.4) is 0 Å². The number of para-hydroxylation sites is 1. The number of benzene rings is 2. The molecule has 1 N–H and O–H groups in total. The van der Waals surface area contributed by atoms with E-state index < -0.39 is 10.0 Å². The molecule has 0 radical (unpaired) electrons. The van der Waals surface area contributed by atoms with Gasteiger partial charge in [0.25, 0.3) is 0 Å². The number of rotatable bonds is 4. The zero-order valence-corrected chi connectivity index (χ0v) is 13.9. The summed E-state index contributed by atoms with van der Waals surface area (Å²) in [6, 6.07) is 12.7. The van der Waals surface area contributed by atoms with Crippen molar-refractivity contribution in [2.75, 3.05) is 0 Å². The Morgan fingerprint density at radius 3 is 2.68 bits per heavy atom. The predicted molar refractivity (Wildman–Crippen MR) is 89.5 cm³/mol. The van der Waals surface area contributed by atoms with Crippen LogP contribution in [0.2, 0.25) is 0 Å². The molecule has 0 bridgehead atoms. The fourth-order valence-electron chi connectivity index (χ4n) is 2.51. The van der Waals surface area contributed by atoms with Crippen molar-refractivity contribution in [3.63, 3.8) is 0 Å².